The van der Waals surface area contributed by atoms with E-state index in [1.54, 1.807) is 35.6 Å². The number of para-hydroxylation sites is 2. The fourth-order valence-electron chi connectivity index (χ4n) is 1.30. The summed E-state index contributed by atoms with van der Waals surface area (Å²) in [5.41, 5.74) is 1.40. The minimum atomic E-state index is -0.266. The number of hydrogen-bond acceptors (Lipinski definition) is 3. The van der Waals surface area contributed by atoms with Gasteiger partial charge in [0.25, 0.3) is 0 Å². The van der Waals surface area contributed by atoms with Crippen LogP contribution in [0.4, 0.5) is 5.69 Å². The maximum Gasteiger partial charge on any atom is 0.248 e. The van der Waals surface area contributed by atoms with Crippen molar-refractivity contribution in [3.8, 4) is 5.75 Å². The minimum Gasteiger partial charge on any atom is -0.506 e. The monoisotopic (exact) mass is 245 g/mol. The van der Waals surface area contributed by atoms with Crippen LogP contribution in [0.15, 0.2) is 47.2 Å². The Balaban J connectivity index is 2.01. The van der Waals surface area contributed by atoms with E-state index in [-0.39, 0.29) is 11.7 Å². The first-order valence-corrected chi connectivity index (χ1v) is 5.99. The van der Waals surface area contributed by atoms with Crippen LogP contribution in [0.5, 0.6) is 5.75 Å². The normalized spacial score (nSPS) is 10.6. The number of carbonyl (C=O) groups is 1. The van der Waals surface area contributed by atoms with E-state index in [1.165, 1.54) is 12.1 Å². The number of phenolic OH excluding ortho intramolecular Hbond substituents is 1. The summed E-state index contributed by atoms with van der Waals surface area (Å²) in [4.78, 5) is 11.6. The van der Waals surface area contributed by atoms with Crippen molar-refractivity contribution in [2.75, 3.05) is 5.32 Å². The van der Waals surface area contributed by atoms with E-state index < -0.39 is 0 Å². The average molecular weight is 245 g/mol. The molecular formula is C13H11NO2S. The lowest BCUT2D eigenvalue weighted by molar-refractivity contribution is -0.111. The highest BCUT2D eigenvalue weighted by Gasteiger charge is 2.01. The summed E-state index contributed by atoms with van der Waals surface area (Å²) in [6.45, 7) is 0. The molecule has 0 fully saturated rings. The second kappa shape index (κ2) is 5.32. The van der Waals surface area contributed by atoms with Crippen LogP contribution in [0.2, 0.25) is 0 Å². The predicted octanol–water partition coefficient (Wildman–Crippen LogP) is 3.11. The number of thiophene rings is 1. The molecular weight excluding hydrogens is 234 g/mol. The molecule has 0 unspecified atom stereocenters. The third-order valence-corrected chi connectivity index (χ3v) is 2.83. The first-order valence-electron chi connectivity index (χ1n) is 5.05. The number of amides is 1. The van der Waals surface area contributed by atoms with Gasteiger partial charge < -0.3 is 10.4 Å². The molecule has 2 rings (SSSR count). The highest BCUT2D eigenvalue weighted by atomic mass is 32.1. The number of aromatic hydroxyl groups is 1. The zero-order valence-corrected chi connectivity index (χ0v) is 9.78. The fourth-order valence-corrected chi connectivity index (χ4v) is 1.92. The Bertz CT molecular complexity index is 532. The molecule has 1 aromatic carbocycles. The van der Waals surface area contributed by atoms with Crippen molar-refractivity contribution in [2.45, 2.75) is 0 Å². The van der Waals surface area contributed by atoms with Crippen LogP contribution in [0.25, 0.3) is 6.08 Å². The number of phenols is 1. The van der Waals surface area contributed by atoms with Crippen LogP contribution in [0.3, 0.4) is 0 Å². The van der Waals surface area contributed by atoms with Crippen molar-refractivity contribution in [3.05, 3.63) is 52.7 Å². The van der Waals surface area contributed by atoms with Crippen molar-refractivity contribution in [3.63, 3.8) is 0 Å². The van der Waals surface area contributed by atoms with Crippen LogP contribution < -0.4 is 5.32 Å². The molecule has 2 aromatic rings. The third-order valence-electron chi connectivity index (χ3n) is 2.13. The van der Waals surface area contributed by atoms with E-state index in [2.05, 4.69) is 5.32 Å². The molecule has 0 atom stereocenters. The number of carbonyl (C=O) groups excluding carboxylic acids is 1. The average Bonchev–Trinajstić information content (AvgIpc) is 2.82. The lowest BCUT2D eigenvalue weighted by Gasteiger charge is -2.03. The molecule has 1 aromatic heterocycles. The lowest BCUT2D eigenvalue weighted by Crippen LogP contribution is -2.07. The number of anilines is 1. The van der Waals surface area contributed by atoms with Crippen LogP contribution in [-0.4, -0.2) is 11.0 Å². The molecule has 3 nitrogen and oxygen atoms in total. The topological polar surface area (TPSA) is 49.3 Å². The molecule has 0 aliphatic heterocycles. The molecule has 86 valence electrons. The van der Waals surface area contributed by atoms with Crippen molar-refractivity contribution in [1.29, 1.82) is 0 Å². The van der Waals surface area contributed by atoms with Gasteiger partial charge in [0, 0.05) is 6.08 Å². The van der Waals surface area contributed by atoms with E-state index in [4.69, 9.17) is 0 Å². The number of hydrogen-bond donors (Lipinski definition) is 2. The van der Waals surface area contributed by atoms with E-state index in [1.807, 2.05) is 16.8 Å². The van der Waals surface area contributed by atoms with E-state index in [0.29, 0.717) is 5.69 Å². The van der Waals surface area contributed by atoms with Crippen molar-refractivity contribution in [2.24, 2.45) is 0 Å². The maximum atomic E-state index is 11.6. The Morgan fingerprint density at radius 3 is 2.82 bits per heavy atom. The SMILES string of the molecule is O=C(/C=C/c1ccsc1)Nc1ccccc1O. The summed E-state index contributed by atoms with van der Waals surface area (Å²) in [5, 5.41) is 16.0. The Morgan fingerprint density at radius 1 is 1.29 bits per heavy atom. The third kappa shape index (κ3) is 3.19. The van der Waals surface area contributed by atoms with Crippen molar-refractivity contribution < 1.29 is 9.90 Å². The number of rotatable bonds is 3. The van der Waals surface area contributed by atoms with Gasteiger partial charge in [-0.3, -0.25) is 4.79 Å². The smallest absolute Gasteiger partial charge is 0.248 e. The molecule has 17 heavy (non-hydrogen) atoms. The highest BCUT2D eigenvalue weighted by molar-refractivity contribution is 7.08. The molecule has 0 aliphatic rings. The molecule has 0 bridgehead atoms. The van der Waals surface area contributed by atoms with Crippen molar-refractivity contribution >= 4 is 29.0 Å². The molecule has 4 heteroatoms. The Labute approximate surface area is 103 Å². The zero-order chi connectivity index (χ0) is 12.1. The molecule has 0 saturated carbocycles. The molecule has 2 N–H and O–H groups in total. The van der Waals surface area contributed by atoms with Gasteiger partial charge in [-0.1, -0.05) is 12.1 Å². The zero-order valence-electron chi connectivity index (χ0n) is 8.96. The predicted molar refractivity (Wildman–Crippen MR) is 70.1 cm³/mol. The summed E-state index contributed by atoms with van der Waals surface area (Å²) in [6, 6.07) is 8.54. The molecule has 0 spiro atoms. The van der Waals surface area contributed by atoms with Crippen LogP contribution in [0, 0.1) is 0 Å². The molecule has 0 saturated heterocycles. The van der Waals surface area contributed by atoms with Gasteiger partial charge in [-0.05, 0) is 40.6 Å². The first kappa shape index (κ1) is 11.4. The Hall–Kier alpha value is -2.07. The summed E-state index contributed by atoms with van der Waals surface area (Å²) in [7, 11) is 0. The molecule has 1 amide bonds. The van der Waals surface area contributed by atoms with Crippen LogP contribution >= 0.6 is 11.3 Å². The first-order chi connectivity index (χ1) is 8.25. The van der Waals surface area contributed by atoms with Gasteiger partial charge in [-0.15, -0.1) is 0 Å². The largest absolute Gasteiger partial charge is 0.506 e. The van der Waals surface area contributed by atoms with Gasteiger partial charge >= 0.3 is 0 Å². The summed E-state index contributed by atoms with van der Waals surface area (Å²) < 4.78 is 0. The van der Waals surface area contributed by atoms with E-state index in [0.717, 1.165) is 5.56 Å². The quantitative estimate of drug-likeness (QED) is 0.645. The van der Waals surface area contributed by atoms with E-state index in [9.17, 15) is 9.90 Å². The van der Waals surface area contributed by atoms with Gasteiger partial charge in [-0.25, -0.2) is 0 Å². The molecule has 1 heterocycles. The summed E-state index contributed by atoms with van der Waals surface area (Å²) >= 11 is 1.57. The summed E-state index contributed by atoms with van der Waals surface area (Å²) in [6.07, 6.45) is 3.17. The highest BCUT2D eigenvalue weighted by Crippen LogP contribution is 2.21. The number of nitrogens with one attached hydrogen (secondary N) is 1. The Morgan fingerprint density at radius 2 is 2.12 bits per heavy atom. The van der Waals surface area contributed by atoms with Gasteiger partial charge in [0.1, 0.15) is 5.75 Å². The summed E-state index contributed by atoms with van der Waals surface area (Å²) in [5.74, 6) is -0.206. The van der Waals surface area contributed by atoms with Gasteiger partial charge in [0.15, 0.2) is 0 Å². The van der Waals surface area contributed by atoms with Gasteiger partial charge in [-0.2, -0.15) is 11.3 Å². The van der Waals surface area contributed by atoms with E-state index >= 15 is 0 Å². The van der Waals surface area contributed by atoms with Crippen LogP contribution in [-0.2, 0) is 4.79 Å². The lowest BCUT2D eigenvalue weighted by atomic mass is 10.2. The minimum absolute atomic E-state index is 0.0600. The maximum absolute atomic E-state index is 11.6. The second-order valence-electron chi connectivity index (χ2n) is 3.40. The molecule has 0 radical (unpaired) electrons. The van der Waals surface area contributed by atoms with Crippen molar-refractivity contribution in [1.82, 2.24) is 0 Å². The van der Waals surface area contributed by atoms with Gasteiger partial charge in [0.2, 0.25) is 5.91 Å². The standard InChI is InChI=1S/C13H11NO2S/c15-12-4-2-1-3-11(12)14-13(16)6-5-10-7-8-17-9-10/h1-9,15H,(H,14,16)/b6-5+. The fraction of sp³-hybridized carbons (Fsp3) is 0. The second-order valence-corrected chi connectivity index (χ2v) is 4.18. The number of benzene rings is 1. The van der Waals surface area contributed by atoms with Gasteiger partial charge in [0.05, 0.1) is 5.69 Å². The van der Waals surface area contributed by atoms with Crippen LogP contribution in [0.1, 0.15) is 5.56 Å². The molecule has 0 aliphatic carbocycles. The Kier molecular flexibility index (Phi) is 3.57.